The van der Waals surface area contributed by atoms with E-state index in [9.17, 15) is 0 Å². The van der Waals surface area contributed by atoms with Crippen molar-refractivity contribution in [2.45, 2.75) is 37.0 Å². The average Bonchev–Trinajstić information content (AvgIpc) is 2.36. The van der Waals surface area contributed by atoms with E-state index < -0.39 is 9.14 Å². The third-order valence-corrected chi connectivity index (χ3v) is 4.25. The molecule has 0 saturated heterocycles. The van der Waals surface area contributed by atoms with Crippen molar-refractivity contribution in [1.82, 2.24) is 0 Å². The van der Waals surface area contributed by atoms with E-state index in [2.05, 4.69) is 41.4 Å². The molecule has 1 aromatic heterocycles. The molecule has 1 aliphatic carbocycles. The molecule has 0 bridgehead atoms. The summed E-state index contributed by atoms with van der Waals surface area (Å²) < 4.78 is 2.39. The van der Waals surface area contributed by atoms with Crippen LogP contribution >= 0.6 is 64.7 Å². The van der Waals surface area contributed by atoms with Crippen LogP contribution in [-0.2, 0) is 0 Å². The van der Waals surface area contributed by atoms with Gasteiger partial charge in [0.05, 0.1) is 5.25 Å². The van der Waals surface area contributed by atoms with Crippen molar-refractivity contribution in [3.63, 3.8) is 0 Å². The van der Waals surface area contributed by atoms with E-state index in [1.165, 1.54) is 25.7 Å². The summed E-state index contributed by atoms with van der Waals surface area (Å²) in [5.74, 6) is 0. The van der Waals surface area contributed by atoms with Gasteiger partial charge in [-0.15, -0.1) is 0 Å². The summed E-state index contributed by atoms with van der Waals surface area (Å²) >= 11 is 2.03. The normalized spacial score (nSPS) is 26.0. The van der Waals surface area contributed by atoms with Crippen LogP contribution in [0.2, 0.25) is 0 Å². The van der Waals surface area contributed by atoms with E-state index in [0.29, 0.717) is 0 Å². The number of rotatable bonds is 2. The molecule has 1 aromatic rings. The topological polar surface area (TPSA) is 3.88 Å². The van der Waals surface area contributed by atoms with Gasteiger partial charge < -0.3 is 0 Å². The first-order valence-electron chi connectivity index (χ1n) is 6.42. The predicted octanol–water partition coefficient (Wildman–Crippen LogP) is 6.58. The molecule has 0 amide bonds. The summed E-state index contributed by atoms with van der Waals surface area (Å²) in [6.45, 7) is 0. The van der Waals surface area contributed by atoms with Crippen molar-refractivity contribution < 1.29 is 4.57 Å². The number of hydrogen-bond acceptors (Lipinski definition) is 1. The minimum absolute atomic E-state index is 0.722. The molecule has 0 N–H and O–H groups in total. The van der Waals surface area contributed by atoms with Gasteiger partial charge in [-0.05, 0) is 19.1 Å². The van der Waals surface area contributed by atoms with Crippen LogP contribution in [0.25, 0.3) is 0 Å². The quantitative estimate of drug-likeness (QED) is 0.302. The average molecular weight is 543 g/mol. The van der Waals surface area contributed by atoms with Gasteiger partial charge in [0.2, 0.25) is 0 Å². The third kappa shape index (κ3) is 12.1. The Morgan fingerprint density at radius 2 is 1.38 bits per heavy atom. The second kappa shape index (κ2) is 7.52. The number of thioether (sulfide) groups is 1. The molecule has 2 atom stereocenters. The Kier molecular flexibility index (Phi) is 7.56. The summed E-state index contributed by atoms with van der Waals surface area (Å²) in [6, 6.07) is 7.07. The number of hydrogen-bond donors (Lipinski definition) is 0. The molecular weight excluding hydrogens is 525 g/mol. The fourth-order valence-corrected chi connectivity index (χ4v) is 3.32. The van der Waals surface area contributed by atoms with Crippen LogP contribution in [0.5, 0.6) is 0 Å². The van der Waals surface area contributed by atoms with Crippen LogP contribution in [-0.4, -0.2) is 20.6 Å². The molecule has 1 fully saturated rings. The second-order valence-corrected chi connectivity index (χ2v) is 62.9. The summed E-state index contributed by atoms with van der Waals surface area (Å²) in [6.07, 6.45) is 12.2. The van der Waals surface area contributed by atoms with Crippen LogP contribution < -0.4 is 4.57 Å². The van der Waals surface area contributed by atoms with E-state index in [1.807, 2.05) is 11.8 Å². The van der Waals surface area contributed by atoms with Crippen molar-refractivity contribution in [3.05, 3.63) is 30.6 Å². The molecule has 1 heterocycles. The van der Waals surface area contributed by atoms with Crippen molar-refractivity contribution in [2.75, 3.05) is 6.26 Å². The number of aromatic nitrogens is 1. The van der Waals surface area contributed by atoms with Crippen LogP contribution in [0, 0.1) is 0 Å². The molecule has 0 spiro atoms. The van der Waals surface area contributed by atoms with Crippen molar-refractivity contribution in [3.8, 4) is 0 Å². The van der Waals surface area contributed by atoms with Gasteiger partial charge in [-0.3, -0.25) is 0 Å². The first kappa shape index (κ1) is 21.1. The molecule has 0 unspecified atom stereocenters. The van der Waals surface area contributed by atoms with Crippen LogP contribution in [0.4, 0.5) is 0 Å². The van der Waals surface area contributed by atoms with Gasteiger partial charge in [-0.1, -0.05) is 12.5 Å². The summed E-state index contributed by atoms with van der Waals surface area (Å²) in [5.41, 5.74) is 0. The monoisotopic (exact) mass is 539 g/mol. The van der Waals surface area contributed by atoms with Gasteiger partial charge in [0.15, 0.2) is 18.4 Å². The fraction of sp³-hybridized carbons (Fsp3) is 0.583. The zero-order valence-electron chi connectivity index (χ0n) is 11.4. The van der Waals surface area contributed by atoms with E-state index in [-0.39, 0.29) is 0 Å². The standard InChI is InChI=1S/C12H18NS.6ClH.Sb/c1-14-12-8-4-3-7-11(12)13-9-5-2-6-10-13;;;;;;;/h2,5-6,9-12H,3-4,7-8H2,1H3;6*1H;/q+1;;;;;;;+5/p-6/t11-,12-;;;;;;;/m1......./s1. The van der Waals surface area contributed by atoms with Gasteiger partial charge >= 0.3 is 62.1 Å². The summed E-state index contributed by atoms with van der Waals surface area (Å²) in [5, 5.41) is 0.816. The molecule has 21 heavy (non-hydrogen) atoms. The first-order chi connectivity index (χ1) is 9.36. The molecule has 1 nitrogen and oxygen atoms in total. The SMILES string of the molecule is CS[C@@H]1CCCC[C@H]1[n+]1ccccc1.[Cl][Sb-]([Cl])([Cl])([Cl])([Cl])[Cl]. The van der Waals surface area contributed by atoms with Gasteiger partial charge in [0.1, 0.15) is 0 Å². The first-order valence-corrected chi connectivity index (χ1v) is 27.1. The Labute approximate surface area is 150 Å². The molecule has 124 valence electrons. The fourth-order valence-electron chi connectivity index (χ4n) is 2.33. The van der Waals surface area contributed by atoms with Crippen LogP contribution in [0.3, 0.4) is 0 Å². The molecule has 1 aliphatic rings. The van der Waals surface area contributed by atoms with E-state index >= 15 is 0 Å². The van der Waals surface area contributed by atoms with Gasteiger partial charge in [-0.25, -0.2) is 4.57 Å². The number of halogens is 6. The Hall–Kier alpha value is 2.06. The third-order valence-electron chi connectivity index (χ3n) is 3.09. The molecular formula is C12H18Cl6NSSb. The van der Waals surface area contributed by atoms with Crippen molar-refractivity contribution in [1.29, 1.82) is 0 Å². The molecule has 0 aliphatic heterocycles. The minimum atomic E-state index is -5.42. The predicted molar refractivity (Wildman–Crippen MR) is 102 cm³/mol. The zero-order chi connectivity index (χ0) is 16.2. The van der Waals surface area contributed by atoms with Gasteiger partial charge in [-0.2, -0.15) is 11.8 Å². The molecule has 9 heteroatoms. The van der Waals surface area contributed by atoms with Crippen LogP contribution in [0.15, 0.2) is 30.6 Å². The Morgan fingerprint density at radius 3 is 1.86 bits per heavy atom. The Morgan fingerprint density at radius 1 is 0.905 bits per heavy atom. The van der Waals surface area contributed by atoms with Gasteiger partial charge in [0.25, 0.3) is 0 Å². The molecule has 1 saturated carbocycles. The van der Waals surface area contributed by atoms with E-state index in [0.717, 1.165) is 11.3 Å². The summed E-state index contributed by atoms with van der Waals surface area (Å²) in [4.78, 5) is 0. The van der Waals surface area contributed by atoms with Gasteiger partial charge in [0, 0.05) is 18.6 Å². The maximum atomic E-state index is 5.06. The van der Waals surface area contributed by atoms with E-state index in [1.54, 1.807) is 0 Å². The molecule has 0 radical (unpaired) electrons. The Bertz CT molecular complexity index is 437. The zero-order valence-corrected chi connectivity index (χ0v) is 19.3. The van der Waals surface area contributed by atoms with Crippen molar-refractivity contribution >= 4 is 73.9 Å². The van der Waals surface area contributed by atoms with E-state index in [4.69, 9.17) is 53.0 Å². The maximum absolute atomic E-state index is 5.42. The van der Waals surface area contributed by atoms with Crippen molar-refractivity contribution in [2.24, 2.45) is 0 Å². The number of pyridine rings is 1. The summed E-state index contributed by atoms with van der Waals surface area (Å²) in [7, 11) is 25.0. The molecule has 0 aromatic carbocycles. The second-order valence-electron chi connectivity index (χ2n) is 4.91. The number of nitrogens with zero attached hydrogens (tertiary/aromatic N) is 1. The molecule has 2 rings (SSSR count). The Balaban J connectivity index is 0.000000270. The van der Waals surface area contributed by atoms with Crippen LogP contribution in [0.1, 0.15) is 31.7 Å².